The topological polar surface area (TPSA) is 104 Å². The number of carbonyl (C=O) groups is 3. The molecule has 0 atom stereocenters. The standard InChI is InChI=1S/C26H25ClN2O8S/c1-2-34-20-9-16(3-4-19(20)35-14-24(30)28-5-7-33-8-6-28)10-23-25(31)29(26(32)38-23)13-17-11-21-22(12-18(17)27)37-15-36-21/h3-4,9-12H,2,5-8,13-15H2,1H3/b23-10-. The first-order valence-corrected chi connectivity index (χ1v) is 13.2. The molecule has 0 saturated carbocycles. The number of rotatable bonds is 8. The number of hydrogen-bond acceptors (Lipinski definition) is 9. The summed E-state index contributed by atoms with van der Waals surface area (Å²) in [6.45, 7) is 4.29. The molecule has 12 heteroatoms. The second kappa shape index (κ2) is 11.5. The maximum Gasteiger partial charge on any atom is 0.293 e. The Hall–Kier alpha value is -3.41. The lowest BCUT2D eigenvalue weighted by Gasteiger charge is -2.26. The molecule has 3 amide bonds. The lowest BCUT2D eigenvalue weighted by Crippen LogP contribution is -2.43. The van der Waals surface area contributed by atoms with Gasteiger partial charge in [0.2, 0.25) is 6.79 Å². The maximum atomic E-state index is 13.1. The lowest BCUT2D eigenvalue weighted by molar-refractivity contribution is -0.137. The van der Waals surface area contributed by atoms with Crippen LogP contribution in [0.2, 0.25) is 5.02 Å². The first-order valence-electron chi connectivity index (χ1n) is 12.0. The first-order chi connectivity index (χ1) is 18.4. The van der Waals surface area contributed by atoms with E-state index in [1.165, 1.54) is 0 Å². The number of nitrogens with zero attached hydrogens (tertiary/aromatic N) is 2. The van der Waals surface area contributed by atoms with Crippen molar-refractivity contribution in [2.45, 2.75) is 13.5 Å². The molecule has 38 heavy (non-hydrogen) atoms. The summed E-state index contributed by atoms with van der Waals surface area (Å²) in [4.78, 5) is 41.3. The Morgan fingerprint density at radius 2 is 1.84 bits per heavy atom. The highest BCUT2D eigenvalue weighted by Gasteiger charge is 2.36. The number of hydrogen-bond donors (Lipinski definition) is 0. The van der Waals surface area contributed by atoms with E-state index in [0.717, 1.165) is 16.7 Å². The van der Waals surface area contributed by atoms with Gasteiger partial charge in [-0.05, 0) is 54.1 Å². The molecule has 2 saturated heterocycles. The van der Waals surface area contributed by atoms with Crippen LogP contribution in [0.3, 0.4) is 0 Å². The molecule has 0 unspecified atom stereocenters. The minimum atomic E-state index is -0.428. The molecule has 0 aliphatic carbocycles. The van der Waals surface area contributed by atoms with E-state index >= 15 is 0 Å². The van der Waals surface area contributed by atoms with Gasteiger partial charge in [-0.15, -0.1) is 0 Å². The molecule has 2 aromatic rings. The van der Waals surface area contributed by atoms with Crippen molar-refractivity contribution in [1.29, 1.82) is 0 Å². The van der Waals surface area contributed by atoms with Crippen molar-refractivity contribution in [3.8, 4) is 23.0 Å². The summed E-state index contributed by atoms with van der Waals surface area (Å²) in [5.74, 6) is 1.33. The Morgan fingerprint density at radius 1 is 1.08 bits per heavy atom. The second-order valence-corrected chi connectivity index (χ2v) is 9.89. The third-order valence-electron chi connectivity index (χ3n) is 6.02. The van der Waals surface area contributed by atoms with Crippen molar-refractivity contribution >= 4 is 46.5 Å². The Balaban J connectivity index is 1.28. The zero-order chi connectivity index (χ0) is 26.6. The van der Waals surface area contributed by atoms with Crippen LogP contribution < -0.4 is 18.9 Å². The van der Waals surface area contributed by atoms with Crippen molar-refractivity contribution in [3.63, 3.8) is 0 Å². The van der Waals surface area contributed by atoms with Crippen molar-refractivity contribution < 1.29 is 38.1 Å². The van der Waals surface area contributed by atoms with Gasteiger partial charge in [0, 0.05) is 24.2 Å². The highest BCUT2D eigenvalue weighted by molar-refractivity contribution is 8.18. The van der Waals surface area contributed by atoms with Crippen molar-refractivity contribution in [1.82, 2.24) is 9.80 Å². The third kappa shape index (κ3) is 5.69. The number of ether oxygens (including phenoxy) is 5. The molecule has 2 fully saturated rings. The maximum absolute atomic E-state index is 13.1. The van der Waals surface area contributed by atoms with E-state index in [1.807, 2.05) is 6.92 Å². The average Bonchev–Trinajstić information content (AvgIpc) is 3.47. The fraction of sp³-hybridized carbons (Fsp3) is 0.346. The van der Waals surface area contributed by atoms with Crippen molar-refractivity contribution in [2.75, 3.05) is 46.3 Å². The quantitative estimate of drug-likeness (QED) is 0.444. The number of halogens is 1. The fourth-order valence-corrected chi connectivity index (χ4v) is 5.14. The molecule has 0 N–H and O–H groups in total. The van der Waals surface area contributed by atoms with Crippen LogP contribution in [0.4, 0.5) is 4.79 Å². The summed E-state index contributed by atoms with van der Waals surface area (Å²) < 4.78 is 27.4. The number of fused-ring (bicyclic) bond motifs is 1. The van der Waals surface area contributed by atoms with E-state index in [1.54, 1.807) is 41.3 Å². The third-order valence-corrected chi connectivity index (χ3v) is 7.28. The van der Waals surface area contributed by atoms with E-state index < -0.39 is 11.1 Å². The summed E-state index contributed by atoms with van der Waals surface area (Å²) in [6.07, 6.45) is 1.62. The van der Waals surface area contributed by atoms with E-state index in [2.05, 4.69) is 0 Å². The number of carbonyl (C=O) groups excluding carboxylic acids is 3. The van der Waals surface area contributed by atoms with Gasteiger partial charge in [-0.25, -0.2) is 0 Å². The zero-order valence-electron chi connectivity index (χ0n) is 20.6. The fourth-order valence-electron chi connectivity index (χ4n) is 4.08. The molecule has 0 radical (unpaired) electrons. The predicted molar refractivity (Wildman–Crippen MR) is 140 cm³/mol. The molecule has 0 aromatic heterocycles. The van der Waals surface area contributed by atoms with Gasteiger partial charge in [0.25, 0.3) is 17.1 Å². The minimum Gasteiger partial charge on any atom is -0.490 e. The van der Waals surface area contributed by atoms with Crippen LogP contribution in [0.25, 0.3) is 6.08 Å². The van der Waals surface area contributed by atoms with Gasteiger partial charge in [-0.2, -0.15) is 0 Å². The van der Waals surface area contributed by atoms with Gasteiger partial charge in [-0.1, -0.05) is 17.7 Å². The molecular formula is C26H25ClN2O8S. The first kappa shape index (κ1) is 26.2. The van der Waals surface area contributed by atoms with Crippen LogP contribution in [0, 0.1) is 0 Å². The minimum absolute atomic E-state index is 0.00558. The van der Waals surface area contributed by atoms with E-state index in [9.17, 15) is 14.4 Å². The van der Waals surface area contributed by atoms with Gasteiger partial charge in [0.1, 0.15) is 0 Å². The summed E-state index contributed by atoms with van der Waals surface area (Å²) in [6, 6.07) is 8.41. The molecule has 3 aliphatic heterocycles. The van der Waals surface area contributed by atoms with Crippen LogP contribution in [-0.2, 0) is 20.9 Å². The predicted octanol–water partition coefficient (Wildman–Crippen LogP) is 3.94. The summed E-state index contributed by atoms with van der Waals surface area (Å²) in [5.41, 5.74) is 1.22. The molecule has 200 valence electrons. The molecule has 5 rings (SSSR count). The van der Waals surface area contributed by atoms with Crippen LogP contribution in [0.5, 0.6) is 23.0 Å². The van der Waals surface area contributed by atoms with E-state index in [0.29, 0.717) is 72.1 Å². The molecule has 2 aromatic carbocycles. The smallest absolute Gasteiger partial charge is 0.293 e. The van der Waals surface area contributed by atoms with Gasteiger partial charge < -0.3 is 28.6 Å². The number of imide groups is 1. The van der Waals surface area contributed by atoms with Crippen LogP contribution in [-0.4, -0.2) is 73.2 Å². The number of morpholine rings is 1. The Morgan fingerprint density at radius 3 is 2.61 bits per heavy atom. The monoisotopic (exact) mass is 560 g/mol. The van der Waals surface area contributed by atoms with Crippen LogP contribution in [0.15, 0.2) is 35.2 Å². The SMILES string of the molecule is CCOc1cc(/C=C2\SC(=O)N(Cc3cc4c(cc3Cl)OCO4)C2=O)ccc1OCC(=O)N1CCOCC1. The van der Waals surface area contributed by atoms with Gasteiger partial charge in [0.15, 0.2) is 29.6 Å². The Labute approximate surface area is 228 Å². The van der Waals surface area contributed by atoms with Gasteiger partial charge >= 0.3 is 0 Å². The van der Waals surface area contributed by atoms with E-state index in [-0.39, 0.29) is 30.8 Å². The normalized spacial score (nSPS) is 17.9. The zero-order valence-corrected chi connectivity index (χ0v) is 22.1. The summed E-state index contributed by atoms with van der Waals surface area (Å²) in [5, 5.41) is -0.0251. The molecule has 0 bridgehead atoms. The van der Waals surface area contributed by atoms with E-state index in [4.69, 9.17) is 35.3 Å². The molecule has 10 nitrogen and oxygen atoms in total. The number of thioether (sulfide) groups is 1. The van der Waals surface area contributed by atoms with Crippen molar-refractivity contribution in [2.24, 2.45) is 0 Å². The average molecular weight is 561 g/mol. The Kier molecular flexibility index (Phi) is 7.96. The summed E-state index contributed by atoms with van der Waals surface area (Å²) >= 11 is 7.19. The summed E-state index contributed by atoms with van der Waals surface area (Å²) in [7, 11) is 0. The number of benzene rings is 2. The highest BCUT2D eigenvalue weighted by Crippen LogP contribution is 2.40. The van der Waals surface area contributed by atoms with Gasteiger partial charge in [-0.3, -0.25) is 19.3 Å². The molecule has 3 heterocycles. The van der Waals surface area contributed by atoms with Gasteiger partial charge in [0.05, 0.1) is 31.3 Å². The van der Waals surface area contributed by atoms with Crippen LogP contribution >= 0.6 is 23.4 Å². The number of amides is 3. The highest BCUT2D eigenvalue weighted by atomic mass is 35.5. The molecule has 0 spiro atoms. The molecular weight excluding hydrogens is 536 g/mol. The molecule has 3 aliphatic rings. The second-order valence-electron chi connectivity index (χ2n) is 8.49. The van der Waals surface area contributed by atoms with Crippen LogP contribution in [0.1, 0.15) is 18.1 Å². The largest absolute Gasteiger partial charge is 0.490 e. The Bertz CT molecular complexity index is 1290. The van der Waals surface area contributed by atoms with Crippen molar-refractivity contribution in [3.05, 3.63) is 51.4 Å². The lowest BCUT2D eigenvalue weighted by atomic mass is 10.1.